The van der Waals surface area contributed by atoms with Crippen LogP contribution in [0.15, 0.2) is 36.7 Å². The molecule has 2 aromatic rings. The molecule has 6 heteroatoms. The lowest BCUT2D eigenvalue weighted by Gasteiger charge is -2.26. The van der Waals surface area contributed by atoms with Gasteiger partial charge in [0.2, 0.25) is 5.91 Å². The fourth-order valence-corrected chi connectivity index (χ4v) is 3.50. The molecule has 1 amide bonds. The van der Waals surface area contributed by atoms with E-state index in [1.165, 1.54) is 6.42 Å². The van der Waals surface area contributed by atoms with Crippen LogP contribution in [0.1, 0.15) is 32.1 Å². The van der Waals surface area contributed by atoms with Crippen molar-refractivity contribution >= 4 is 11.6 Å². The first-order chi connectivity index (χ1) is 12.3. The molecule has 0 saturated heterocycles. The number of nitrogens with zero attached hydrogens (tertiary/aromatic N) is 2. The van der Waals surface area contributed by atoms with Crippen molar-refractivity contribution in [3.05, 3.63) is 36.7 Å². The maximum atomic E-state index is 12.3. The van der Waals surface area contributed by atoms with Crippen LogP contribution in [0.4, 0.5) is 5.69 Å². The molecule has 0 radical (unpaired) electrons. The van der Waals surface area contributed by atoms with Crippen LogP contribution in [-0.4, -0.2) is 28.4 Å². The first kappa shape index (κ1) is 16.0. The molecule has 1 N–H and O–H groups in total. The van der Waals surface area contributed by atoms with Gasteiger partial charge in [0, 0.05) is 12.1 Å². The highest BCUT2D eigenvalue weighted by Gasteiger charge is 2.23. The molecule has 2 aliphatic rings. The van der Waals surface area contributed by atoms with Gasteiger partial charge in [-0.25, -0.2) is 0 Å². The summed E-state index contributed by atoms with van der Waals surface area (Å²) in [5.41, 5.74) is 0.743. The van der Waals surface area contributed by atoms with Gasteiger partial charge in [0.1, 0.15) is 6.61 Å². The maximum absolute atomic E-state index is 12.3. The second kappa shape index (κ2) is 7.17. The third-order valence-electron chi connectivity index (χ3n) is 4.83. The summed E-state index contributed by atoms with van der Waals surface area (Å²) in [6.45, 7) is 1.06. The van der Waals surface area contributed by atoms with Crippen LogP contribution in [0.25, 0.3) is 0 Å². The van der Waals surface area contributed by atoms with Gasteiger partial charge in [-0.2, -0.15) is 5.10 Å². The molecule has 1 atom stereocenters. The molecule has 1 aliphatic carbocycles. The normalized spacial score (nSPS) is 20.2. The molecule has 1 aliphatic heterocycles. The van der Waals surface area contributed by atoms with Gasteiger partial charge in [-0.3, -0.25) is 9.48 Å². The largest absolute Gasteiger partial charge is 0.486 e. The standard InChI is InChI=1S/C19H23N3O3/c23-19(14-6-2-1-3-7-14)21-15-10-20-22(11-15)12-16-13-24-17-8-4-5-9-18(17)25-16/h4-5,8-11,14,16H,1-3,6-7,12-13H2,(H,21,23). The molecular formula is C19H23N3O3. The van der Waals surface area contributed by atoms with Crippen LogP contribution in [0, 0.1) is 5.92 Å². The number of ether oxygens (including phenoxy) is 2. The van der Waals surface area contributed by atoms with Gasteiger partial charge < -0.3 is 14.8 Å². The van der Waals surface area contributed by atoms with Gasteiger partial charge in [0.25, 0.3) is 0 Å². The second-order valence-electron chi connectivity index (χ2n) is 6.77. The van der Waals surface area contributed by atoms with Crippen LogP contribution >= 0.6 is 0 Å². The van der Waals surface area contributed by atoms with Crippen molar-refractivity contribution in [3.8, 4) is 11.5 Å². The van der Waals surface area contributed by atoms with Gasteiger partial charge in [-0.1, -0.05) is 31.4 Å². The van der Waals surface area contributed by atoms with Crippen molar-refractivity contribution in [1.82, 2.24) is 9.78 Å². The van der Waals surface area contributed by atoms with Crippen LogP contribution in [0.2, 0.25) is 0 Å². The van der Waals surface area contributed by atoms with Gasteiger partial charge in [0.05, 0.1) is 18.4 Å². The van der Waals surface area contributed by atoms with E-state index in [2.05, 4.69) is 10.4 Å². The zero-order valence-corrected chi connectivity index (χ0v) is 14.2. The number of benzene rings is 1. The predicted octanol–water partition coefficient (Wildman–Crippen LogP) is 3.24. The summed E-state index contributed by atoms with van der Waals surface area (Å²) in [5.74, 6) is 1.80. The minimum atomic E-state index is -0.100. The van der Waals surface area contributed by atoms with Crippen molar-refractivity contribution in [2.75, 3.05) is 11.9 Å². The van der Waals surface area contributed by atoms with E-state index >= 15 is 0 Å². The lowest BCUT2D eigenvalue weighted by Crippen LogP contribution is -2.33. The fraction of sp³-hybridized carbons (Fsp3) is 0.474. The summed E-state index contributed by atoms with van der Waals surface area (Å²) in [5, 5.41) is 7.32. The van der Waals surface area contributed by atoms with Gasteiger partial charge in [-0.15, -0.1) is 0 Å². The van der Waals surface area contributed by atoms with E-state index < -0.39 is 0 Å². The van der Waals surface area contributed by atoms with Crippen molar-refractivity contribution in [2.24, 2.45) is 5.92 Å². The Morgan fingerprint density at radius 3 is 2.84 bits per heavy atom. The van der Waals surface area contributed by atoms with Crippen molar-refractivity contribution in [1.29, 1.82) is 0 Å². The topological polar surface area (TPSA) is 65.4 Å². The van der Waals surface area contributed by atoms with Crippen molar-refractivity contribution in [3.63, 3.8) is 0 Å². The number of carbonyl (C=O) groups excluding carboxylic acids is 1. The number of para-hydroxylation sites is 2. The third-order valence-corrected chi connectivity index (χ3v) is 4.83. The first-order valence-corrected chi connectivity index (χ1v) is 9.00. The molecule has 1 unspecified atom stereocenters. The first-order valence-electron chi connectivity index (χ1n) is 9.00. The summed E-state index contributed by atoms with van der Waals surface area (Å²) in [6.07, 6.45) is 8.98. The Morgan fingerprint density at radius 1 is 1.20 bits per heavy atom. The van der Waals surface area contributed by atoms with Crippen LogP contribution in [-0.2, 0) is 11.3 Å². The summed E-state index contributed by atoms with van der Waals surface area (Å²) < 4.78 is 13.5. The number of aromatic nitrogens is 2. The van der Waals surface area contributed by atoms with Gasteiger partial charge >= 0.3 is 0 Å². The average Bonchev–Trinajstić information content (AvgIpc) is 3.09. The summed E-state index contributed by atoms with van der Waals surface area (Å²) >= 11 is 0. The van der Waals surface area contributed by atoms with Gasteiger partial charge in [0.15, 0.2) is 17.6 Å². The number of hydrogen-bond donors (Lipinski definition) is 1. The molecule has 1 aromatic carbocycles. The quantitative estimate of drug-likeness (QED) is 0.927. The molecule has 2 heterocycles. The van der Waals surface area contributed by atoms with E-state index in [9.17, 15) is 4.79 Å². The van der Waals surface area contributed by atoms with E-state index in [0.717, 1.165) is 42.9 Å². The van der Waals surface area contributed by atoms with Crippen molar-refractivity contribution in [2.45, 2.75) is 44.8 Å². The Morgan fingerprint density at radius 2 is 2.00 bits per heavy atom. The SMILES string of the molecule is O=C(Nc1cnn(CC2COc3ccccc3O2)c1)C1CCCCC1. The van der Waals surface area contributed by atoms with E-state index in [1.807, 2.05) is 30.5 Å². The maximum Gasteiger partial charge on any atom is 0.227 e. The number of rotatable bonds is 4. The summed E-state index contributed by atoms with van der Waals surface area (Å²) in [7, 11) is 0. The Balaban J connectivity index is 1.33. The predicted molar refractivity (Wildman–Crippen MR) is 93.8 cm³/mol. The minimum absolute atomic E-state index is 0.100. The zero-order valence-electron chi connectivity index (χ0n) is 14.2. The van der Waals surface area contributed by atoms with Crippen LogP contribution in [0.5, 0.6) is 11.5 Å². The highest BCUT2D eigenvalue weighted by molar-refractivity contribution is 5.92. The van der Waals surface area contributed by atoms with E-state index in [1.54, 1.807) is 10.9 Å². The number of carbonyl (C=O) groups is 1. The molecule has 1 fully saturated rings. The lowest BCUT2D eigenvalue weighted by atomic mass is 9.89. The average molecular weight is 341 g/mol. The molecule has 0 spiro atoms. The second-order valence-corrected chi connectivity index (χ2v) is 6.77. The van der Waals surface area contributed by atoms with E-state index in [4.69, 9.17) is 9.47 Å². The Labute approximate surface area is 147 Å². The number of fused-ring (bicyclic) bond motifs is 1. The molecule has 132 valence electrons. The molecule has 25 heavy (non-hydrogen) atoms. The highest BCUT2D eigenvalue weighted by Crippen LogP contribution is 2.31. The Kier molecular flexibility index (Phi) is 4.59. The lowest BCUT2D eigenvalue weighted by molar-refractivity contribution is -0.120. The Hall–Kier alpha value is -2.50. The monoisotopic (exact) mass is 341 g/mol. The molecular weight excluding hydrogens is 318 g/mol. The molecule has 0 bridgehead atoms. The minimum Gasteiger partial charge on any atom is -0.486 e. The molecule has 1 saturated carbocycles. The molecule has 4 rings (SSSR count). The van der Waals surface area contributed by atoms with Crippen molar-refractivity contribution < 1.29 is 14.3 Å². The van der Waals surface area contributed by atoms with Crippen LogP contribution < -0.4 is 14.8 Å². The fourth-order valence-electron chi connectivity index (χ4n) is 3.50. The Bertz CT molecular complexity index is 737. The number of amides is 1. The summed E-state index contributed by atoms with van der Waals surface area (Å²) in [4.78, 5) is 12.3. The summed E-state index contributed by atoms with van der Waals surface area (Å²) in [6, 6.07) is 7.66. The zero-order chi connectivity index (χ0) is 17.1. The number of nitrogens with one attached hydrogen (secondary N) is 1. The number of hydrogen-bond acceptors (Lipinski definition) is 4. The van der Waals surface area contributed by atoms with Crippen LogP contribution in [0.3, 0.4) is 0 Å². The highest BCUT2D eigenvalue weighted by atomic mass is 16.6. The molecule has 6 nitrogen and oxygen atoms in total. The van der Waals surface area contributed by atoms with E-state index in [-0.39, 0.29) is 17.9 Å². The molecule has 1 aromatic heterocycles. The number of anilines is 1. The third kappa shape index (κ3) is 3.78. The van der Waals surface area contributed by atoms with E-state index in [0.29, 0.717) is 13.2 Å². The van der Waals surface area contributed by atoms with Gasteiger partial charge in [-0.05, 0) is 25.0 Å². The smallest absolute Gasteiger partial charge is 0.227 e.